The van der Waals surface area contributed by atoms with E-state index in [2.05, 4.69) is 38.5 Å². The molecule has 0 saturated carbocycles. The van der Waals surface area contributed by atoms with Gasteiger partial charge in [-0.25, -0.2) is 19.5 Å². The van der Waals surface area contributed by atoms with Crippen molar-refractivity contribution in [2.45, 2.75) is 20.8 Å². The van der Waals surface area contributed by atoms with E-state index < -0.39 is 0 Å². The molecule has 0 atom stereocenters. The summed E-state index contributed by atoms with van der Waals surface area (Å²) in [5.41, 5.74) is 3.97. The molecule has 0 unspecified atom stereocenters. The van der Waals surface area contributed by atoms with E-state index in [0.29, 0.717) is 0 Å². The van der Waals surface area contributed by atoms with Crippen molar-refractivity contribution in [3.63, 3.8) is 0 Å². The maximum atomic E-state index is 4.56. The Labute approximate surface area is 121 Å². The van der Waals surface area contributed by atoms with Crippen LogP contribution < -0.4 is 0 Å². The van der Waals surface area contributed by atoms with Crippen molar-refractivity contribution in [1.29, 1.82) is 0 Å². The summed E-state index contributed by atoms with van der Waals surface area (Å²) in [6.45, 7) is 6.05. The highest BCUT2D eigenvalue weighted by Crippen LogP contribution is 2.28. The number of hydrogen-bond donors (Lipinski definition) is 0. The van der Waals surface area contributed by atoms with Crippen molar-refractivity contribution in [3.8, 4) is 5.82 Å². The van der Waals surface area contributed by atoms with Gasteiger partial charge in [-0.3, -0.25) is 4.57 Å². The molecule has 0 aliphatic rings. The third-order valence-electron chi connectivity index (χ3n) is 3.82. The smallest absolute Gasteiger partial charge is 0.168 e. The molecule has 0 aliphatic heterocycles. The highest BCUT2D eigenvalue weighted by atomic mass is 15.3. The lowest BCUT2D eigenvalue weighted by Crippen LogP contribution is -2.01. The summed E-state index contributed by atoms with van der Waals surface area (Å²) in [5, 5.41) is 5.36. The van der Waals surface area contributed by atoms with E-state index in [-0.39, 0.29) is 0 Å². The zero-order chi connectivity index (χ0) is 14.6. The number of aromatic nitrogens is 6. The van der Waals surface area contributed by atoms with Crippen LogP contribution in [0.1, 0.15) is 17.1 Å². The van der Waals surface area contributed by atoms with Crippen molar-refractivity contribution in [3.05, 3.63) is 47.8 Å². The second kappa shape index (κ2) is 4.12. The highest BCUT2D eigenvalue weighted by molar-refractivity contribution is 5.94. The molecule has 4 heterocycles. The number of nitrogens with zero attached hydrogens (tertiary/aromatic N) is 6. The van der Waals surface area contributed by atoms with Gasteiger partial charge in [-0.15, -0.1) is 0 Å². The Balaban J connectivity index is 2.18. The third kappa shape index (κ3) is 1.59. The minimum absolute atomic E-state index is 0.743. The lowest BCUT2D eigenvalue weighted by molar-refractivity contribution is 0.898. The van der Waals surface area contributed by atoms with Gasteiger partial charge in [0.05, 0.1) is 5.39 Å². The topological polar surface area (TPSA) is 60.9 Å². The molecule has 6 nitrogen and oxygen atoms in total. The van der Waals surface area contributed by atoms with Gasteiger partial charge in [0, 0.05) is 11.9 Å². The molecule has 0 aromatic carbocycles. The Kier molecular flexibility index (Phi) is 2.35. The first-order valence-electron chi connectivity index (χ1n) is 6.78. The van der Waals surface area contributed by atoms with Crippen molar-refractivity contribution in [1.82, 2.24) is 29.1 Å². The monoisotopic (exact) mass is 278 g/mol. The molecule has 0 bridgehead atoms. The third-order valence-corrected chi connectivity index (χ3v) is 3.82. The highest BCUT2D eigenvalue weighted by Gasteiger charge is 2.18. The van der Waals surface area contributed by atoms with Gasteiger partial charge < -0.3 is 0 Å². The molecule has 104 valence electrons. The molecule has 4 rings (SSSR count). The molecule has 0 radical (unpaired) electrons. The summed E-state index contributed by atoms with van der Waals surface area (Å²) in [4.78, 5) is 13.5. The average molecular weight is 278 g/mol. The Hall–Kier alpha value is -2.76. The largest absolute Gasteiger partial charge is 0.282 e. The Bertz CT molecular complexity index is 964. The van der Waals surface area contributed by atoms with Crippen LogP contribution in [0, 0.1) is 20.8 Å². The molecule has 0 N–H and O–H groups in total. The fourth-order valence-corrected chi connectivity index (χ4v) is 2.73. The molecule has 21 heavy (non-hydrogen) atoms. The first-order chi connectivity index (χ1) is 10.2. The lowest BCUT2D eigenvalue weighted by atomic mass is 10.2. The van der Waals surface area contributed by atoms with Crippen LogP contribution >= 0.6 is 0 Å². The van der Waals surface area contributed by atoms with Gasteiger partial charge in [0.25, 0.3) is 0 Å². The SMILES string of the molecule is Cc1nc2c3c(C)c(C)n(-c4ccccn4)c3ncn2n1. The van der Waals surface area contributed by atoms with Crippen LogP contribution in [0.2, 0.25) is 0 Å². The van der Waals surface area contributed by atoms with Crippen LogP contribution in [0.3, 0.4) is 0 Å². The van der Waals surface area contributed by atoms with Crippen LogP contribution in [-0.2, 0) is 0 Å². The predicted octanol–water partition coefficient (Wildman–Crippen LogP) is 2.39. The fraction of sp³-hybridized carbons (Fsp3) is 0.200. The Morgan fingerprint density at radius 1 is 1.00 bits per heavy atom. The maximum Gasteiger partial charge on any atom is 0.168 e. The summed E-state index contributed by atoms with van der Waals surface area (Å²) in [6.07, 6.45) is 3.49. The van der Waals surface area contributed by atoms with Crippen LogP contribution in [0.4, 0.5) is 0 Å². The normalized spacial score (nSPS) is 11.6. The van der Waals surface area contributed by atoms with E-state index in [0.717, 1.165) is 39.6 Å². The Morgan fingerprint density at radius 2 is 1.86 bits per heavy atom. The van der Waals surface area contributed by atoms with Gasteiger partial charge in [0.1, 0.15) is 18.0 Å². The summed E-state index contributed by atoms with van der Waals surface area (Å²) in [7, 11) is 0. The van der Waals surface area contributed by atoms with Gasteiger partial charge in [-0.05, 0) is 38.5 Å². The van der Waals surface area contributed by atoms with Gasteiger partial charge in [-0.1, -0.05) is 6.07 Å². The summed E-state index contributed by atoms with van der Waals surface area (Å²) in [5.74, 6) is 1.60. The van der Waals surface area contributed by atoms with E-state index in [1.807, 2.05) is 25.1 Å². The average Bonchev–Trinajstić information content (AvgIpc) is 2.98. The first-order valence-corrected chi connectivity index (χ1v) is 6.78. The summed E-state index contributed by atoms with van der Waals surface area (Å²) >= 11 is 0. The van der Waals surface area contributed by atoms with Gasteiger partial charge in [0.15, 0.2) is 11.3 Å². The summed E-state index contributed by atoms with van der Waals surface area (Å²) < 4.78 is 3.79. The molecule has 0 amide bonds. The quantitative estimate of drug-likeness (QED) is 0.536. The number of fused-ring (bicyclic) bond motifs is 3. The van der Waals surface area contributed by atoms with E-state index >= 15 is 0 Å². The second-order valence-electron chi connectivity index (χ2n) is 5.10. The fourth-order valence-electron chi connectivity index (χ4n) is 2.73. The number of hydrogen-bond acceptors (Lipinski definition) is 4. The number of pyridine rings is 1. The van der Waals surface area contributed by atoms with E-state index in [4.69, 9.17) is 0 Å². The molecular formula is C15H14N6. The standard InChI is InChI=1S/C15H14N6/c1-9-10(2)21(12-6-4-5-7-16-12)14-13(9)15-18-11(3)19-20(15)8-17-14/h4-8H,1-3H3. The molecule has 0 spiro atoms. The zero-order valence-electron chi connectivity index (χ0n) is 12.1. The lowest BCUT2D eigenvalue weighted by Gasteiger charge is -2.05. The molecule has 4 aromatic heterocycles. The van der Waals surface area contributed by atoms with Crippen molar-refractivity contribution >= 4 is 16.7 Å². The minimum atomic E-state index is 0.743. The van der Waals surface area contributed by atoms with Crippen molar-refractivity contribution < 1.29 is 0 Å². The minimum Gasteiger partial charge on any atom is -0.282 e. The molecule has 0 fully saturated rings. The van der Waals surface area contributed by atoms with Crippen LogP contribution in [0.15, 0.2) is 30.7 Å². The van der Waals surface area contributed by atoms with Gasteiger partial charge in [0.2, 0.25) is 0 Å². The maximum absolute atomic E-state index is 4.56. The molecular weight excluding hydrogens is 264 g/mol. The number of aryl methyl sites for hydroxylation is 2. The van der Waals surface area contributed by atoms with Crippen LogP contribution in [0.5, 0.6) is 0 Å². The Morgan fingerprint density at radius 3 is 2.62 bits per heavy atom. The second-order valence-corrected chi connectivity index (χ2v) is 5.10. The van der Waals surface area contributed by atoms with Gasteiger partial charge in [-0.2, -0.15) is 5.10 Å². The first kappa shape index (κ1) is 12.0. The van der Waals surface area contributed by atoms with Gasteiger partial charge >= 0.3 is 0 Å². The van der Waals surface area contributed by atoms with E-state index in [1.165, 1.54) is 0 Å². The molecule has 0 saturated heterocycles. The van der Waals surface area contributed by atoms with Crippen molar-refractivity contribution in [2.75, 3.05) is 0 Å². The van der Waals surface area contributed by atoms with Crippen LogP contribution in [0.25, 0.3) is 22.5 Å². The predicted molar refractivity (Wildman–Crippen MR) is 79.6 cm³/mol. The molecule has 0 aliphatic carbocycles. The molecule has 4 aromatic rings. The summed E-state index contributed by atoms with van der Waals surface area (Å²) in [6, 6.07) is 5.86. The van der Waals surface area contributed by atoms with Crippen molar-refractivity contribution in [2.24, 2.45) is 0 Å². The van der Waals surface area contributed by atoms with Crippen LogP contribution in [-0.4, -0.2) is 29.1 Å². The van der Waals surface area contributed by atoms with E-state index in [1.54, 1.807) is 17.0 Å². The zero-order valence-corrected chi connectivity index (χ0v) is 12.1. The number of rotatable bonds is 1. The molecule has 6 heteroatoms. The van der Waals surface area contributed by atoms with E-state index in [9.17, 15) is 0 Å².